The molecule has 0 aliphatic carbocycles. The molecule has 144 valence electrons. The quantitative estimate of drug-likeness (QED) is 0.620. The molecule has 0 atom stereocenters. The number of nitrogens with zero attached hydrogens (tertiary/aromatic N) is 1. The molecule has 1 aromatic heterocycles. The molecule has 2 N–H and O–H groups in total. The van der Waals surface area contributed by atoms with Gasteiger partial charge < -0.3 is 10.3 Å². The number of benzene rings is 2. The summed E-state index contributed by atoms with van der Waals surface area (Å²) in [5, 5.41) is 3.83. The summed E-state index contributed by atoms with van der Waals surface area (Å²) >= 11 is 0. The molecule has 4 nitrogen and oxygen atoms in total. The molecule has 2 heterocycles. The molecular weight excluding hydrogens is 353 g/mol. The Morgan fingerprint density at radius 2 is 1.93 bits per heavy atom. The third-order valence-corrected chi connectivity index (χ3v) is 5.44. The van der Waals surface area contributed by atoms with Gasteiger partial charge in [-0.15, -0.1) is 6.58 Å². The van der Waals surface area contributed by atoms with Gasteiger partial charge in [0.2, 0.25) is 0 Å². The first-order valence-corrected chi connectivity index (χ1v) is 9.65. The summed E-state index contributed by atoms with van der Waals surface area (Å²) in [6.45, 7) is 6.95. The molecule has 1 aliphatic rings. The molecule has 3 aromatic rings. The monoisotopic (exact) mass is 377 g/mol. The van der Waals surface area contributed by atoms with Crippen molar-refractivity contribution in [3.8, 4) is 0 Å². The number of rotatable bonds is 5. The van der Waals surface area contributed by atoms with Crippen molar-refractivity contribution in [3.05, 3.63) is 78.3 Å². The van der Waals surface area contributed by atoms with Gasteiger partial charge in [0, 0.05) is 23.1 Å². The molecular formula is C23H24FN3O. The number of fused-ring (bicyclic) bond motifs is 1. The number of aromatic nitrogens is 1. The van der Waals surface area contributed by atoms with E-state index in [0.717, 1.165) is 43.4 Å². The average Bonchev–Trinajstić information content (AvgIpc) is 3.14. The van der Waals surface area contributed by atoms with E-state index < -0.39 is 0 Å². The highest BCUT2D eigenvalue weighted by Gasteiger charge is 2.20. The number of aromatic amines is 1. The van der Waals surface area contributed by atoms with E-state index in [9.17, 15) is 9.18 Å². The third-order valence-electron chi connectivity index (χ3n) is 5.44. The lowest BCUT2D eigenvalue weighted by molar-refractivity contribution is 0.102. The highest BCUT2D eigenvalue weighted by molar-refractivity contribution is 6.05. The number of nitrogens with one attached hydrogen (secondary N) is 2. The minimum Gasteiger partial charge on any atom is -0.351 e. The lowest BCUT2D eigenvalue weighted by atomic mass is 9.89. The Kier molecular flexibility index (Phi) is 5.26. The smallest absolute Gasteiger partial charge is 0.272 e. The van der Waals surface area contributed by atoms with Gasteiger partial charge in [0.1, 0.15) is 11.5 Å². The largest absolute Gasteiger partial charge is 0.351 e. The topological polar surface area (TPSA) is 48.1 Å². The molecule has 0 radical (unpaired) electrons. The van der Waals surface area contributed by atoms with Crippen LogP contribution in [0.5, 0.6) is 0 Å². The van der Waals surface area contributed by atoms with E-state index in [1.54, 1.807) is 12.1 Å². The zero-order valence-corrected chi connectivity index (χ0v) is 15.7. The van der Waals surface area contributed by atoms with Crippen LogP contribution in [0.25, 0.3) is 10.9 Å². The van der Waals surface area contributed by atoms with E-state index in [0.29, 0.717) is 17.3 Å². The second-order valence-electron chi connectivity index (χ2n) is 7.35. The predicted octanol–water partition coefficient (Wildman–Crippen LogP) is 4.92. The SMILES string of the molecule is C=CCN1CCC(c2ccc3[nH]c(C(=O)Nc4ccc(F)cc4)cc3c2)CC1. The Hall–Kier alpha value is -2.92. The van der Waals surface area contributed by atoms with Crippen molar-refractivity contribution < 1.29 is 9.18 Å². The summed E-state index contributed by atoms with van der Waals surface area (Å²) in [5.74, 6) is -0.00888. The zero-order chi connectivity index (χ0) is 19.5. The third kappa shape index (κ3) is 3.99. The van der Waals surface area contributed by atoms with Gasteiger partial charge in [-0.25, -0.2) is 4.39 Å². The van der Waals surface area contributed by atoms with Crippen LogP contribution < -0.4 is 5.32 Å². The fraction of sp³-hybridized carbons (Fsp3) is 0.261. The summed E-state index contributed by atoms with van der Waals surface area (Å²) in [5.41, 5.74) is 3.33. The first-order chi connectivity index (χ1) is 13.6. The number of anilines is 1. The number of carbonyl (C=O) groups excluding carboxylic acids is 1. The summed E-state index contributed by atoms with van der Waals surface area (Å²) in [6.07, 6.45) is 4.24. The van der Waals surface area contributed by atoms with Crippen molar-refractivity contribution in [3.63, 3.8) is 0 Å². The van der Waals surface area contributed by atoms with Gasteiger partial charge in [-0.05, 0) is 79.9 Å². The molecule has 1 saturated heterocycles. The molecule has 1 amide bonds. The zero-order valence-electron chi connectivity index (χ0n) is 15.7. The van der Waals surface area contributed by atoms with Crippen molar-refractivity contribution in [1.29, 1.82) is 0 Å². The molecule has 1 fully saturated rings. The number of hydrogen-bond donors (Lipinski definition) is 2. The minimum absolute atomic E-state index is 0.234. The number of piperidine rings is 1. The summed E-state index contributed by atoms with van der Waals surface area (Å²) in [6, 6.07) is 14.0. The Labute approximate surface area is 164 Å². The molecule has 5 heteroatoms. The second-order valence-corrected chi connectivity index (χ2v) is 7.35. The molecule has 28 heavy (non-hydrogen) atoms. The molecule has 1 aliphatic heterocycles. The minimum atomic E-state index is -0.327. The Balaban J connectivity index is 1.48. The van der Waals surface area contributed by atoms with E-state index in [4.69, 9.17) is 0 Å². The number of amides is 1. The van der Waals surface area contributed by atoms with Gasteiger partial charge in [0.25, 0.3) is 5.91 Å². The van der Waals surface area contributed by atoms with Crippen LogP contribution >= 0.6 is 0 Å². The van der Waals surface area contributed by atoms with Crippen molar-refractivity contribution >= 4 is 22.5 Å². The second kappa shape index (κ2) is 7.98. The highest BCUT2D eigenvalue weighted by atomic mass is 19.1. The number of H-pyrrole nitrogens is 1. The highest BCUT2D eigenvalue weighted by Crippen LogP contribution is 2.30. The van der Waals surface area contributed by atoms with Crippen LogP contribution in [0.15, 0.2) is 61.2 Å². The summed E-state index contributed by atoms with van der Waals surface area (Å²) in [4.78, 5) is 18.1. The van der Waals surface area contributed by atoms with Crippen LogP contribution in [0.4, 0.5) is 10.1 Å². The van der Waals surface area contributed by atoms with Crippen LogP contribution in [0.1, 0.15) is 34.8 Å². The molecule has 0 saturated carbocycles. The maximum Gasteiger partial charge on any atom is 0.272 e. The number of likely N-dealkylation sites (tertiary alicyclic amines) is 1. The van der Waals surface area contributed by atoms with Crippen LogP contribution in [0.3, 0.4) is 0 Å². The van der Waals surface area contributed by atoms with E-state index in [-0.39, 0.29) is 11.7 Å². The van der Waals surface area contributed by atoms with Gasteiger partial charge >= 0.3 is 0 Å². The van der Waals surface area contributed by atoms with Crippen LogP contribution in [-0.4, -0.2) is 35.4 Å². The first-order valence-electron chi connectivity index (χ1n) is 9.65. The van der Waals surface area contributed by atoms with Gasteiger partial charge in [-0.1, -0.05) is 12.1 Å². The van der Waals surface area contributed by atoms with E-state index in [1.807, 2.05) is 12.1 Å². The van der Waals surface area contributed by atoms with Crippen molar-refractivity contribution in [2.24, 2.45) is 0 Å². The molecule has 4 rings (SSSR count). The Morgan fingerprint density at radius 3 is 2.64 bits per heavy atom. The Bertz CT molecular complexity index is 985. The van der Waals surface area contributed by atoms with E-state index in [1.165, 1.54) is 17.7 Å². The fourth-order valence-corrected chi connectivity index (χ4v) is 3.89. The molecule has 0 spiro atoms. The predicted molar refractivity (Wildman–Crippen MR) is 111 cm³/mol. The normalized spacial score (nSPS) is 15.6. The fourth-order valence-electron chi connectivity index (χ4n) is 3.89. The van der Waals surface area contributed by atoms with Gasteiger partial charge in [-0.3, -0.25) is 9.69 Å². The van der Waals surface area contributed by atoms with E-state index >= 15 is 0 Å². The van der Waals surface area contributed by atoms with Gasteiger partial charge in [0.05, 0.1) is 0 Å². The maximum atomic E-state index is 13.0. The summed E-state index contributed by atoms with van der Waals surface area (Å²) < 4.78 is 13.0. The number of hydrogen-bond acceptors (Lipinski definition) is 2. The first kappa shape index (κ1) is 18.4. The molecule has 2 aromatic carbocycles. The maximum absolute atomic E-state index is 13.0. The van der Waals surface area contributed by atoms with Gasteiger partial charge in [-0.2, -0.15) is 0 Å². The van der Waals surface area contributed by atoms with Crippen molar-refractivity contribution in [2.75, 3.05) is 25.0 Å². The average molecular weight is 377 g/mol. The van der Waals surface area contributed by atoms with E-state index in [2.05, 4.69) is 40.0 Å². The molecule has 0 bridgehead atoms. The van der Waals surface area contributed by atoms with Crippen LogP contribution in [0, 0.1) is 5.82 Å². The van der Waals surface area contributed by atoms with Crippen molar-refractivity contribution in [1.82, 2.24) is 9.88 Å². The lowest BCUT2D eigenvalue weighted by Gasteiger charge is -2.31. The number of carbonyl (C=O) groups is 1. The molecule has 0 unspecified atom stereocenters. The van der Waals surface area contributed by atoms with Crippen LogP contribution in [-0.2, 0) is 0 Å². The standard InChI is InChI=1S/C23H24FN3O/c1-2-11-27-12-9-16(10-13-27)17-3-8-21-18(14-17)15-22(26-21)23(28)25-20-6-4-19(24)5-7-20/h2-8,14-16,26H,1,9-13H2,(H,25,28). The Morgan fingerprint density at radius 1 is 1.18 bits per heavy atom. The lowest BCUT2D eigenvalue weighted by Crippen LogP contribution is -2.32. The van der Waals surface area contributed by atoms with Crippen LogP contribution in [0.2, 0.25) is 0 Å². The van der Waals surface area contributed by atoms with Gasteiger partial charge in [0.15, 0.2) is 0 Å². The number of halogens is 1. The van der Waals surface area contributed by atoms with Crippen molar-refractivity contribution in [2.45, 2.75) is 18.8 Å². The summed E-state index contributed by atoms with van der Waals surface area (Å²) in [7, 11) is 0.